The Bertz CT molecular complexity index is 726. The predicted octanol–water partition coefficient (Wildman–Crippen LogP) is 3.77. The van der Waals surface area contributed by atoms with Gasteiger partial charge in [-0.2, -0.15) is 0 Å². The second kappa shape index (κ2) is 10.4. The van der Waals surface area contributed by atoms with Crippen LogP contribution in [-0.2, 0) is 16.0 Å². The van der Waals surface area contributed by atoms with Gasteiger partial charge in [-0.05, 0) is 63.4 Å². The largest absolute Gasteiger partial charge is 0.491 e. The molecule has 0 heterocycles. The Labute approximate surface area is 160 Å². The van der Waals surface area contributed by atoms with Crippen molar-refractivity contribution in [2.24, 2.45) is 0 Å². The van der Waals surface area contributed by atoms with Gasteiger partial charge in [0.1, 0.15) is 5.75 Å². The number of carbonyl (C=O) groups is 2. The number of hydrogen-bond donors (Lipinski definition) is 1. The Hall–Kier alpha value is -2.82. The molecule has 0 aliphatic carbocycles. The van der Waals surface area contributed by atoms with Gasteiger partial charge in [-0.25, -0.2) is 4.79 Å². The zero-order valence-electron chi connectivity index (χ0n) is 16.1. The lowest BCUT2D eigenvalue weighted by molar-refractivity contribution is -0.124. The van der Waals surface area contributed by atoms with Crippen LogP contribution in [0, 0.1) is 0 Å². The van der Waals surface area contributed by atoms with Crippen molar-refractivity contribution in [1.29, 1.82) is 0 Å². The summed E-state index contributed by atoms with van der Waals surface area (Å²) in [6, 6.07) is 16.8. The molecule has 0 aliphatic rings. The van der Waals surface area contributed by atoms with Crippen LogP contribution in [0.4, 0.5) is 0 Å². The number of aryl methyl sites for hydroxylation is 1. The summed E-state index contributed by atoms with van der Waals surface area (Å²) < 4.78 is 10.6. The molecule has 1 atom stereocenters. The molecule has 0 unspecified atom stereocenters. The molecule has 0 saturated carbocycles. The molecule has 1 N–H and O–H groups in total. The van der Waals surface area contributed by atoms with Gasteiger partial charge >= 0.3 is 5.97 Å². The minimum atomic E-state index is -0.529. The number of esters is 1. The number of hydrogen-bond acceptors (Lipinski definition) is 4. The van der Waals surface area contributed by atoms with Gasteiger partial charge in [0.15, 0.2) is 6.61 Å². The van der Waals surface area contributed by atoms with Crippen molar-refractivity contribution in [2.75, 3.05) is 6.61 Å². The molecule has 2 aromatic carbocycles. The number of rotatable bonds is 9. The fraction of sp³-hybridized carbons (Fsp3) is 0.364. The molecule has 27 heavy (non-hydrogen) atoms. The van der Waals surface area contributed by atoms with E-state index in [1.807, 2.05) is 39.0 Å². The van der Waals surface area contributed by atoms with E-state index in [1.54, 1.807) is 24.3 Å². The number of benzene rings is 2. The normalized spacial score (nSPS) is 11.7. The molecule has 5 nitrogen and oxygen atoms in total. The van der Waals surface area contributed by atoms with E-state index in [4.69, 9.17) is 9.47 Å². The van der Waals surface area contributed by atoms with Crippen molar-refractivity contribution in [3.05, 3.63) is 65.7 Å². The van der Waals surface area contributed by atoms with Gasteiger partial charge in [-0.1, -0.05) is 30.3 Å². The van der Waals surface area contributed by atoms with E-state index >= 15 is 0 Å². The van der Waals surface area contributed by atoms with E-state index in [-0.39, 0.29) is 24.7 Å². The monoisotopic (exact) mass is 369 g/mol. The molecule has 0 fully saturated rings. The molecule has 0 bridgehead atoms. The van der Waals surface area contributed by atoms with E-state index in [0.717, 1.165) is 12.8 Å². The van der Waals surface area contributed by atoms with Gasteiger partial charge in [0.05, 0.1) is 11.7 Å². The molecule has 0 aromatic heterocycles. The number of carbonyl (C=O) groups excluding carboxylic acids is 2. The Morgan fingerprint density at radius 1 is 0.963 bits per heavy atom. The maximum absolute atomic E-state index is 12.0. The van der Waals surface area contributed by atoms with Crippen LogP contribution in [0.3, 0.4) is 0 Å². The Morgan fingerprint density at radius 3 is 2.26 bits per heavy atom. The van der Waals surface area contributed by atoms with Crippen molar-refractivity contribution in [3.8, 4) is 5.75 Å². The molecule has 144 valence electrons. The van der Waals surface area contributed by atoms with Crippen molar-refractivity contribution >= 4 is 11.9 Å². The van der Waals surface area contributed by atoms with Crippen LogP contribution in [0.15, 0.2) is 54.6 Å². The van der Waals surface area contributed by atoms with E-state index in [1.165, 1.54) is 5.56 Å². The van der Waals surface area contributed by atoms with Crippen LogP contribution < -0.4 is 10.1 Å². The van der Waals surface area contributed by atoms with Crippen molar-refractivity contribution in [3.63, 3.8) is 0 Å². The first-order valence-corrected chi connectivity index (χ1v) is 9.21. The van der Waals surface area contributed by atoms with Crippen LogP contribution in [0.25, 0.3) is 0 Å². The molecular formula is C22H27NO4. The average Bonchev–Trinajstić information content (AvgIpc) is 2.65. The molecule has 1 amide bonds. The van der Waals surface area contributed by atoms with Crippen LogP contribution in [-0.4, -0.2) is 30.6 Å². The highest BCUT2D eigenvalue weighted by Gasteiger charge is 2.12. The first-order chi connectivity index (χ1) is 12.9. The first kappa shape index (κ1) is 20.5. The summed E-state index contributed by atoms with van der Waals surface area (Å²) in [5, 5.41) is 2.85. The van der Waals surface area contributed by atoms with Gasteiger partial charge < -0.3 is 14.8 Å². The van der Waals surface area contributed by atoms with E-state index < -0.39 is 5.97 Å². The van der Waals surface area contributed by atoms with E-state index in [0.29, 0.717) is 11.3 Å². The van der Waals surface area contributed by atoms with Gasteiger partial charge in [0.25, 0.3) is 5.91 Å². The summed E-state index contributed by atoms with van der Waals surface area (Å²) >= 11 is 0. The molecule has 2 aromatic rings. The zero-order valence-corrected chi connectivity index (χ0v) is 16.1. The maximum Gasteiger partial charge on any atom is 0.338 e. The van der Waals surface area contributed by atoms with E-state index in [9.17, 15) is 9.59 Å². The Morgan fingerprint density at radius 2 is 1.63 bits per heavy atom. The molecule has 0 radical (unpaired) electrons. The predicted molar refractivity (Wildman–Crippen MR) is 105 cm³/mol. The van der Waals surface area contributed by atoms with Crippen molar-refractivity contribution < 1.29 is 19.1 Å². The van der Waals surface area contributed by atoms with Crippen LogP contribution in [0.5, 0.6) is 5.75 Å². The number of nitrogens with one attached hydrogen (secondary N) is 1. The fourth-order valence-electron chi connectivity index (χ4n) is 2.57. The highest BCUT2D eigenvalue weighted by molar-refractivity contribution is 5.91. The van der Waals surface area contributed by atoms with Gasteiger partial charge in [-0.15, -0.1) is 0 Å². The molecule has 0 saturated heterocycles. The van der Waals surface area contributed by atoms with Gasteiger partial charge in [-0.3, -0.25) is 4.79 Å². The zero-order chi connectivity index (χ0) is 19.6. The lowest BCUT2D eigenvalue weighted by Gasteiger charge is -2.14. The smallest absolute Gasteiger partial charge is 0.338 e. The Kier molecular flexibility index (Phi) is 7.86. The van der Waals surface area contributed by atoms with Gasteiger partial charge in [0, 0.05) is 6.04 Å². The minimum absolute atomic E-state index is 0.00359. The van der Waals surface area contributed by atoms with Gasteiger partial charge in [0.2, 0.25) is 0 Å². The third-order valence-electron chi connectivity index (χ3n) is 3.91. The highest BCUT2D eigenvalue weighted by Crippen LogP contribution is 2.14. The lowest BCUT2D eigenvalue weighted by Crippen LogP contribution is -2.36. The van der Waals surface area contributed by atoms with Crippen LogP contribution >= 0.6 is 0 Å². The third kappa shape index (κ3) is 7.52. The van der Waals surface area contributed by atoms with Crippen molar-refractivity contribution in [2.45, 2.75) is 45.8 Å². The first-order valence-electron chi connectivity index (χ1n) is 9.21. The number of ether oxygens (including phenoxy) is 2. The topological polar surface area (TPSA) is 64.6 Å². The summed E-state index contributed by atoms with van der Waals surface area (Å²) in [5.74, 6) is -0.145. The molecule has 5 heteroatoms. The minimum Gasteiger partial charge on any atom is -0.491 e. The highest BCUT2D eigenvalue weighted by atomic mass is 16.5. The molecule has 0 aliphatic heterocycles. The molecular weight excluding hydrogens is 342 g/mol. The summed E-state index contributed by atoms with van der Waals surface area (Å²) in [6.07, 6.45) is 1.77. The summed E-state index contributed by atoms with van der Waals surface area (Å²) in [5.41, 5.74) is 1.62. The standard InChI is InChI=1S/C22H27NO4/c1-16(2)27-20-13-11-19(12-14-20)22(25)26-15-21(24)23-17(3)9-10-18-7-5-4-6-8-18/h4-8,11-14,16-17H,9-10,15H2,1-3H3,(H,23,24)/t17-/m0/s1. The molecule has 2 rings (SSSR count). The number of amides is 1. The SMILES string of the molecule is CC(C)Oc1ccc(C(=O)OCC(=O)N[C@@H](C)CCc2ccccc2)cc1. The van der Waals surface area contributed by atoms with Crippen LogP contribution in [0.2, 0.25) is 0 Å². The second-order valence-corrected chi connectivity index (χ2v) is 6.76. The fourth-order valence-corrected chi connectivity index (χ4v) is 2.57. The Balaban J connectivity index is 1.71. The van der Waals surface area contributed by atoms with Crippen LogP contribution in [0.1, 0.15) is 43.1 Å². The lowest BCUT2D eigenvalue weighted by atomic mass is 10.1. The summed E-state index contributed by atoms with van der Waals surface area (Å²) in [6.45, 7) is 5.51. The molecule has 0 spiro atoms. The van der Waals surface area contributed by atoms with Crippen molar-refractivity contribution in [1.82, 2.24) is 5.32 Å². The quantitative estimate of drug-likeness (QED) is 0.684. The average molecular weight is 369 g/mol. The second-order valence-electron chi connectivity index (χ2n) is 6.76. The van der Waals surface area contributed by atoms with E-state index in [2.05, 4.69) is 17.4 Å². The summed E-state index contributed by atoms with van der Waals surface area (Å²) in [7, 11) is 0. The summed E-state index contributed by atoms with van der Waals surface area (Å²) in [4.78, 5) is 24.0. The maximum atomic E-state index is 12.0. The third-order valence-corrected chi connectivity index (χ3v) is 3.91.